The van der Waals surface area contributed by atoms with Crippen molar-refractivity contribution in [3.8, 4) is 11.5 Å². The molecule has 0 amide bonds. The van der Waals surface area contributed by atoms with E-state index in [1.54, 1.807) is 0 Å². The standard InChI is InChI=1S/C8H5F3N2O6/c1-18-6-3(19-8(9,10)11)2-12-4(7(14)15)5(6)13(16)17/h2H,1H3,(H,14,15). The SMILES string of the molecule is COc1c(OC(F)(F)F)cnc(C(=O)O)c1[N+](=O)[O-]. The van der Waals surface area contributed by atoms with Crippen LogP contribution in [0.4, 0.5) is 18.9 Å². The zero-order chi connectivity index (χ0) is 14.8. The van der Waals surface area contributed by atoms with Gasteiger partial charge in [-0.25, -0.2) is 9.78 Å². The van der Waals surface area contributed by atoms with Crippen molar-refractivity contribution in [1.29, 1.82) is 0 Å². The fraction of sp³-hybridized carbons (Fsp3) is 0.250. The quantitative estimate of drug-likeness (QED) is 0.659. The van der Waals surface area contributed by atoms with Crippen LogP contribution < -0.4 is 9.47 Å². The van der Waals surface area contributed by atoms with Crippen LogP contribution in [0.3, 0.4) is 0 Å². The van der Waals surface area contributed by atoms with E-state index in [-0.39, 0.29) is 0 Å². The first-order chi connectivity index (χ1) is 8.67. The molecule has 0 aliphatic rings. The predicted octanol–water partition coefficient (Wildman–Crippen LogP) is 1.60. The summed E-state index contributed by atoms with van der Waals surface area (Å²) in [5.74, 6) is -3.87. The number of aromatic nitrogens is 1. The number of ether oxygens (including phenoxy) is 2. The lowest BCUT2D eigenvalue weighted by molar-refractivity contribution is -0.386. The van der Waals surface area contributed by atoms with Crippen LogP contribution in [0.1, 0.15) is 10.5 Å². The number of nitrogens with zero attached hydrogens (tertiary/aromatic N) is 2. The summed E-state index contributed by atoms with van der Waals surface area (Å²) in [5, 5.41) is 19.4. The molecule has 104 valence electrons. The molecule has 0 radical (unpaired) electrons. The van der Waals surface area contributed by atoms with Crippen molar-refractivity contribution in [2.24, 2.45) is 0 Å². The highest BCUT2D eigenvalue weighted by molar-refractivity contribution is 5.92. The summed E-state index contributed by atoms with van der Waals surface area (Å²) < 4.78 is 44.0. The number of aromatic carboxylic acids is 1. The maximum Gasteiger partial charge on any atom is 0.573 e. The van der Waals surface area contributed by atoms with Gasteiger partial charge in [0.2, 0.25) is 11.4 Å². The molecule has 1 N–H and O–H groups in total. The van der Waals surface area contributed by atoms with Crippen LogP contribution in [-0.2, 0) is 0 Å². The Balaban J connectivity index is 3.49. The van der Waals surface area contributed by atoms with Gasteiger partial charge in [-0.1, -0.05) is 0 Å². The van der Waals surface area contributed by atoms with Gasteiger partial charge in [0.15, 0.2) is 5.75 Å². The topological polar surface area (TPSA) is 112 Å². The Labute approximate surface area is 102 Å². The van der Waals surface area contributed by atoms with Crippen molar-refractivity contribution in [3.05, 3.63) is 22.0 Å². The molecule has 1 aromatic heterocycles. The van der Waals surface area contributed by atoms with Crippen molar-refractivity contribution in [3.63, 3.8) is 0 Å². The van der Waals surface area contributed by atoms with Crippen LogP contribution in [0.25, 0.3) is 0 Å². The number of nitro groups is 1. The van der Waals surface area contributed by atoms with Gasteiger partial charge in [-0.05, 0) is 0 Å². The van der Waals surface area contributed by atoms with Gasteiger partial charge in [-0.15, -0.1) is 13.2 Å². The number of carbonyl (C=O) groups is 1. The lowest BCUT2D eigenvalue weighted by atomic mass is 10.2. The summed E-state index contributed by atoms with van der Waals surface area (Å²) in [6.07, 6.45) is -4.75. The lowest BCUT2D eigenvalue weighted by Gasteiger charge is -2.12. The van der Waals surface area contributed by atoms with Gasteiger partial charge < -0.3 is 14.6 Å². The van der Waals surface area contributed by atoms with Gasteiger partial charge in [0, 0.05) is 0 Å². The molecule has 0 aliphatic heterocycles. The lowest BCUT2D eigenvalue weighted by Crippen LogP contribution is -2.19. The summed E-state index contributed by atoms with van der Waals surface area (Å²) in [6, 6.07) is 0. The first-order valence-electron chi connectivity index (χ1n) is 4.37. The van der Waals surface area contributed by atoms with E-state index < -0.39 is 40.1 Å². The Morgan fingerprint density at radius 1 is 1.53 bits per heavy atom. The van der Waals surface area contributed by atoms with Crippen molar-refractivity contribution in [2.45, 2.75) is 6.36 Å². The van der Waals surface area contributed by atoms with E-state index in [1.807, 2.05) is 0 Å². The van der Waals surface area contributed by atoms with Gasteiger partial charge in [0.25, 0.3) is 0 Å². The number of alkyl halides is 3. The number of carboxylic acids is 1. The highest BCUT2D eigenvalue weighted by atomic mass is 19.4. The van der Waals surface area contributed by atoms with E-state index in [4.69, 9.17) is 5.11 Å². The molecule has 0 fully saturated rings. The van der Waals surface area contributed by atoms with E-state index >= 15 is 0 Å². The third-order valence-corrected chi connectivity index (χ3v) is 1.79. The monoisotopic (exact) mass is 282 g/mol. The maximum absolute atomic E-state index is 12.1. The zero-order valence-corrected chi connectivity index (χ0v) is 9.09. The van der Waals surface area contributed by atoms with E-state index in [9.17, 15) is 28.1 Å². The molecule has 0 unspecified atom stereocenters. The molecule has 0 aromatic carbocycles. The molecular formula is C8H5F3N2O6. The molecule has 1 rings (SSSR count). The Bertz CT molecular complexity index is 530. The third-order valence-electron chi connectivity index (χ3n) is 1.79. The fourth-order valence-corrected chi connectivity index (χ4v) is 1.19. The Kier molecular flexibility index (Phi) is 3.77. The summed E-state index contributed by atoms with van der Waals surface area (Å²) >= 11 is 0. The second kappa shape index (κ2) is 4.96. The Morgan fingerprint density at radius 2 is 2.11 bits per heavy atom. The fourth-order valence-electron chi connectivity index (χ4n) is 1.19. The molecule has 1 heterocycles. The van der Waals surface area contributed by atoms with Crippen molar-refractivity contribution < 1.29 is 37.5 Å². The molecular weight excluding hydrogens is 277 g/mol. The molecule has 1 aromatic rings. The summed E-state index contributed by atoms with van der Waals surface area (Å²) in [5.41, 5.74) is -2.28. The van der Waals surface area contributed by atoms with Crippen molar-refractivity contribution in [2.75, 3.05) is 7.11 Å². The first kappa shape index (κ1) is 14.5. The summed E-state index contributed by atoms with van der Waals surface area (Å²) in [4.78, 5) is 23.2. The largest absolute Gasteiger partial charge is 0.573 e. The van der Waals surface area contributed by atoms with Crippen LogP contribution in [0.15, 0.2) is 6.20 Å². The highest BCUT2D eigenvalue weighted by Gasteiger charge is 2.37. The van der Waals surface area contributed by atoms with E-state index in [1.165, 1.54) is 0 Å². The number of rotatable bonds is 4. The maximum atomic E-state index is 12.1. The Hall–Kier alpha value is -2.59. The van der Waals surface area contributed by atoms with Crippen LogP contribution in [0.2, 0.25) is 0 Å². The van der Waals surface area contributed by atoms with Crippen LogP contribution >= 0.6 is 0 Å². The van der Waals surface area contributed by atoms with E-state index in [2.05, 4.69) is 14.5 Å². The second-order valence-corrected chi connectivity index (χ2v) is 2.96. The number of pyridine rings is 1. The number of hydrogen-bond acceptors (Lipinski definition) is 6. The minimum atomic E-state index is -5.13. The number of carboxylic acid groups (broad SMARTS) is 1. The molecule has 0 aliphatic carbocycles. The number of hydrogen-bond donors (Lipinski definition) is 1. The summed E-state index contributed by atoms with van der Waals surface area (Å²) in [6.45, 7) is 0. The average Bonchev–Trinajstić information content (AvgIpc) is 2.25. The minimum Gasteiger partial charge on any atom is -0.487 e. The van der Waals surface area contributed by atoms with Gasteiger partial charge in [-0.3, -0.25) is 10.1 Å². The van der Waals surface area contributed by atoms with E-state index in [0.29, 0.717) is 6.20 Å². The first-order valence-corrected chi connectivity index (χ1v) is 4.37. The smallest absolute Gasteiger partial charge is 0.487 e. The van der Waals surface area contributed by atoms with E-state index in [0.717, 1.165) is 7.11 Å². The molecule has 0 saturated heterocycles. The van der Waals surface area contributed by atoms with Crippen LogP contribution in [0.5, 0.6) is 11.5 Å². The highest BCUT2D eigenvalue weighted by Crippen LogP contribution is 2.40. The van der Waals surface area contributed by atoms with Crippen molar-refractivity contribution >= 4 is 11.7 Å². The predicted molar refractivity (Wildman–Crippen MR) is 51.1 cm³/mol. The molecule has 0 saturated carbocycles. The molecule has 19 heavy (non-hydrogen) atoms. The van der Waals surface area contributed by atoms with Crippen LogP contribution in [0, 0.1) is 10.1 Å². The molecule has 8 nitrogen and oxygen atoms in total. The van der Waals surface area contributed by atoms with Crippen molar-refractivity contribution in [1.82, 2.24) is 4.98 Å². The number of methoxy groups -OCH3 is 1. The number of halogens is 3. The summed E-state index contributed by atoms with van der Waals surface area (Å²) in [7, 11) is 0.831. The molecule has 0 atom stereocenters. The third kappa shape index (κ3) is 3.20. The van der Waals surface area contributed by atoms with Gasteiger partial charge in [0.1, 0.15) is 0 Å². The Morgan fingerprint density at radius 3 is 2.47 bits per heavy atom. The average molecular weight is 282 g/mol. The molecule has 11 heteroatoms. The second-order valence-electron chi connectivity index (χ2n) is 2.96. The molecule has 0 bridgehead atoms. The minimum absolute atomic E-state index is 0.378. The van der Waals surface area contributed by atoms with Gasteiger partial charge >= 0.3 is 18.0 Å². The van der Waals surface area contributed by atoms with Gasteiger partial charge in [0.05, 0.1) is 18.2 Å². The van der Waals surface area contributed by atoms with Gasteiger partial charge in [-0.2, -0.15) is 0 Å². The van der Waals surface area contributed by atoms with Crippen LogP contribution in [-0.4, -0.2) is 34.5 Å². The zero-order valence-electron chi connectivity index (χ0n) is 9.09. The molecule has 0 spiro atoms. The normalized spacial score (nSPS) is 10.9.